The molecule has 0 N–H and O–H groups in total. The van der Waals surface area contributed by atoms with Crippen molar-refractivity contribution in [3.63, 3.8) is 0 Å². The third kappa shape index (κ3) is 2.35. The van der Waals surface area contributed by atoms with Crippen LogP contribution in [-0.4, -0.2) is 47.2 Å². The maximum atomic E-state index is 12.5. The summed E-state index contributed by atoms with van der Waals surface area (Å²) in [5, 5.41) is 4.24. The lowest BCUT2D eigenvalue weighted by Crippen LogP contribution is -2.46. The van der Waals surface area contributed by atoms with Gasteiger partial charge in [-0.15, -0.1) is 0 Å². The van der Waals surface area contributed by atoms with E-state index in [0.29, 0.717) is 18.2 Å². The van der Waals surface area contributed by atoms with E-state index in [9.17, 15) is 4.79 Å². The molecule has 3 aromatic heterocycles. The van der Waals surface area contributed by atoms with Gasteiger partial charge < -0.3 is 9.47 Å². The second-order valence-electron chi connectivity index (χ2n) is 8.09. The van der Waals surface area contributed by atoms with Gasteiger partial charge in [-0.05, 0) is 31.4 Å². The molecule has 6 rings (SSSR count). The lowest BCUT2D eigenvalue weighted by Gasteiger charge is -2.34. The number of rotatable bonds is 2. The van der Waals surface area contributed by atoms with Crippen LogP contribution in [0.4, 0.5) is 5.95 Å². The van der Waals surface area contributed by atoms with Gasteiger partial charge in [0.25, 0.3) is 0 Å². The molecule has 2 fully saturated rings. The number of benzene rings is 1. The van der Waals surface area contributed by atoms with Crippen molar-refractivity contribution in [3.8, 4) is 11.3 Å². The number of piperidine rings is 1. The zero-order chi connectivity index (χ0) is 19.7. The normalized spacial score (nSPS) is 21.6. The fraction of sp³-hybridized carbons (Fsp3) is 0.381. The van der Waals surface area contributed by atoms with Crippen LogP contribution in [0.1, 0.15) is 25.7 Å². The molecular formula is C21H21N7O. The van der Waals surface area contributed by atoms with Crippen molar-refractivity contribution in [2.75, 3.05) is 4.90 Å². The topological polar surface area (TPSA) is 81.7 Å². The zero-order valence-electron chi connectivity index (χ0n) is 16.4. The van der Waals surface area contributed by atoms with Gasteiger partial charge in [0, 0.05) is 38.3 Å². The Kier molecular flexibility index (Phi) is 3.36. The molecule has 2 atom stereocenters. The average Bonchev–Trinajstić information content (AvgIpc) is 3.39. The number of imidazole rings is 1. The number of carbonyl (C=O) groups excluding carboxylic acids is 1. The lowest BCUT2D eigenvalue weighted by atomic mass is 10.0. The van der Waals surface area contributed by atoms with Crippen molar-refractivity contribution < 1.29 is 4.79 Å². The Balaban J connectivity index is 1.55. The third-order valence-corrected chi connectivity index (χ3v) is 6.37. The first kappa shape index (κ1) is 16.6. The summed E-state index contributed by atoms with van der Waals surface area (Å²) in [6, 6.07) is 4.39. The third-order valence-electron chi connectivity index (χ3n) is 6.37. The van der Waals surface area contributed by atoms with Crippen LogP contribution in [0, 0.1) is 0 Å². The van der Waals surface area contributed by atoms with Crippen molar-refractivity contribution in [1.29, 1.82) is 0 Å². The molecule has 1 aromatic carbocycles. The Bertz CT molecular complexity index is 1290. The Morgan fingerprint density at radius 2 is 1.93 bits per heavy atom. The quantitative estimate of drug-likeness (QED) is 0.526. The smallest absolute Gasteiger partial charge is 0.207 e. The Morgan fingerprint density at radius 1 is 1.03 bits per heavy atom. The Morgan fingerprint density at radius 3 is 2.76 bits per heavy atom. The van der Waals surface area contributed by atoms with Crippen molar-refractivity contribution in [1.82, 2.24) is 29.3 Å². The van der Waals surface area contributed by atoms with E-state index in [1.165, 1.54) is 0 Å². The maximum absolute atomic E-state index is 12.5. The number of hydrogen-bond donors (Lipinski definition) is 0. The molecule has 29 heavy (non-hydrogen) atoms. The molecule has 2 saturated heterocycles. The number of nitrogens with zero attached hydrogens (tertiary/aromatic N) is 7. The molecule has 2 bridgehead atoms. The molecule has 2 unspecified atom stereocenters. The molecule has 5 heterocycles. The molecule has 2 aliphatic heterocycles. The SMILES string of the molecule is Cn1cc(-c2cnc3ccc4c(nc(N5C6CCC(=O)C5CC6)n4C)c3n2)cn1. The predicted octanol–water partition coefficient (Wildman–Crippen LogP) is 2.62. The molecule has 0 radical (unpaired) electrons. The molecular weight excluding hydrogens is 366 g/mol. The van der Waals surface area contributed by atoms with Crippen LogP contribution < -0.4 is 4.90 Å². The molecule has 8 nitrogen and oxygen atoms in total. The van der Waals surface area contributed by atoms with Gasteiger partial charge in [0.05, 0.1) is 35.2 Å². The van der Waals surface area contributed by atoms with Crippen LogP contribution in [0.15, 0.2) is 30.7 Å². The fourth-order valence-electron chi connectivity index (χ4n) is 4.90. The number of aromatic nitrogens is 6. The van der Waals surface area contributed by atoms with Crippen molar-refractivity contribution >= 4 is 33.8 Å². The summed E-state index contributed by atoms with van der Waals surface area (Å²) in [4.78, 5) is 29.2. The molecule has 0 amide bonds. The molecule has 0 spiro atoms. The molecule has 0 saturated carbocycles. The lowest BCUT2D eigenvalue weighted by molar-refractivity contribution is -0.121. The van der Waals surface area contributed by atoms with Crippen LogP contribution in [-0.2, 0) is 18.9 Å². The number of Topliss-reactive ketones (excluding diaryl/α,β-unsaturated/α-hetero) is 1. The Labute approximate surface area is 167 Å². The standard InChI is InChI=1S/C21H21N7O/c1-26-11-12(9-23-26)15-10-22-14-5-7-17-20(19(14)24-15)25-21(27(17)2)28-13-3-6-16(28)18(29)8-4-13/h5,7,9-11,13,16H,3-4,6,8H2,1-2H3. The van der Waals surface area contributed by atoms with Gasteiger partial charge in [-0.1, -0.05) is 0 Å². The van der Waals surface area contributed by atoms with E-state index in [4.69, 9.17) is 9.97 Å². The van der Waals surface area contributed by atoms with E-state index >= 15 is 0 Å². The van der Waals surface area contributed by atoms with Gasteiger partial charge in [-0.3, -0.25) is 14.5 Å². The van der Waals surface area contributed by atoms with Gasteiger partial charge >= 0.3 is 0 Å². The number of carbonyl (C=O) groups is 1. The Hall–Kier alpha value is -3.29. The number of hydrogen-bond acceptors (Lipinski definition) is 6. The summed E-state index contributed by atoms with van der Waals surface area (Å²) in [6.45, 7) is 0. The van der Waals surface area contributed by atoms with E-state index in [1.807, 2.05) is 32.4 Å². The van der Waals surface area contributed by atoms with Gasteiger partial charge in [0.15, 0.2) is 5.78 Å². The average molecular weight is 387 g/mol. The zero-order valence-corrected chi connectivity index (χ0v) is 16.4. The first-order chi connectivity index (χ1) is 14.1. The highest BCUT2D eigenvalue weighted by molar-refractivity contribution is 6.02. The van der Waals surface area contributed by atoms with Crippen molar-refractivity contribution in [3.05, 3.63) is 30.7 Å². The highest BCUT2D eigenvalue weighted by Gasteiger charge is 2.43. The van der Waals surface area contributed by atoms with E-state index in [0.717, 1.165) is 58.5 Å². The summed E-state index contributed by atoms with van der Waals surface area (Å²) >= 11 is 0. The molecule has 0 aliphatic carbocycles. The van der Waals surface area contributed by atoms with Gasteiger partial charge in [-0.25, -0.2) is 9.97 Å². The van der Waals surface area contributed by atoms with Crippen LogP contribution in [0.25, 0.3) is 33.3 Å². The van der Waals surface area contributed by atoms with Crippen molar-refractivity contribution in [2.24, 2.45) is 14.1 Å². The number of anilines is 1. The molecule has 4 aromatic rings. The van der Waals surface area contributed by atoms with Gasteiger partial charge in [-0.2, -0.15) is 5.10 Å². The van der Waals surface area contributed by atoms with E-state index in [2.05, 4.69) is 19.5 Å². The first-order valence-electron chi connectivity index (χ1n) is 10.0. The fourth-order valence-corrected chi connectivity index (χ4v) is 4.90. The molecule has 2 aliphatic rings. The second-order valence-corrected chi connectivity index (χ2v) is 8.09. The van der Waals surface area contributed by atoms with Gasteiger partial charge in [0.2, 0.25) is 5.95 Å². The van der Waals surface area contributed by atoms with Crippen molar-refractivity contribution in [2.45, 2.75) is 37.8 Å². The number of aryl methyl sites for hydroxylation is 2. The van der Waals surface area contributed by atoms with E-state index in [-0.39, 0.29) is 6.04 Å². The van der Waals surface area contributed by atoms with Crippen LogP contribution in [0.2, 0.25) is 0 Å². The summed E-state index contributed by atoms with van der Waals surface area (Å²) in [5.41, 5.74) is 5.13. The summed E-state index contributed by atoms with van der Waals surface area (Å²) < 4.78 is 3.85. The van der Waals surface area contributed by atoms with Crippen LogP contribution in [0.5, 0.6) is 0 Å². The minimum Gasteiger partial charge on any atom is -0.329 e. The first-order valence-corrected chi connectivity index (χ1v) is 10.0. The summed E-state index contributed by atoms with van der Waals surface area (Å²) in [6.07, 6.45) is 9.10. The number of ketones is 1. The highest BCUT2D eigenvalue weighted by Crippen LogP contribution is 2.38. The van der Waals surface area contributed by atoms with E-state index < -0.39 is 0 Å². The second kappa shape index (κ2) is 5.85. The van der Waals surface area contributed by atoms with Crippen LogP contribution >= 0.6 is 0 Å². The predicted molar refractivity (Wildman–Crippen MR) is 110 cm³/mol. The largest absolute Gasteiger partial charge is 0.329 e. The molecule has 146 valence electrons. The maximum Gasteiger partial charge on any atom is 0.207 e. The van der Waals surface area contributed by atoms with Crippen LogP contribution in [0.3, 0.4) is 0 Å². The number of fused-ring (bicyclic) bond motifs is 5. The minimum absolute atomic E-state index is 0.0347. The summed E-state index contributed by atoms with van der Waals surface area (Å²) in [5.74, 6) is 1.20. The summed E-state index contributed by atoms with van der Waals surface area (Å²) in [7, 11) is 3.91. The highest BCUT2D eigenvalue weighted by atomic mass is 16.1. The monoisotopic (exact) mass is 387 g/mol. The minimum atomic E-state index is -0.0347. The molecule has 8 heteroatoms. The van der Waals surface area contributed by atoms with Gasteiger partial charge in [0.1, 0.15) is 11.0 Å². The van der Waals surface area contributed by atoms with E-state index in [1.54, 1.807) is 17.1 Å².